The van der Waals surface area contributed by atoms with Crippen molar-refractivity contribution in [2.24, 2.45) is 5.92 Å². The predicted octanol–water partition coefficient (Wildman–Crippen LogP) is 2.83. The standard InChI is InChI=1S/C11H12Cl2F3NO3S/c1-6(11(14,15)16)10(5-18)17-21(19,20)7-2-3-8(12)9(13)4-7/h2-4,6,10,17-18H,5H2,1H3. The number of aliphatic hydroxyl groups is 1. The van der Waals surface area contributed by atoms with Gasteiger partial charge in [-0.2, -0.15) is 13.2 Å². The molecule has 120 valence electrons. The maximum absolute atomic E-state index is 12.6. The molecular formula is C11H12Cl2F3NO3S. The van der Waals surface area contributed by atoms with E-state index in [1.807, 2.05) is 4.72 Å². The SMILES string of the molecule is CC(C(CO)NS(=O)(=O)c1ccc(Cl)c(Cl)c1)C(F)(F)F. The monoisotopic (exact) mass is 365 g/mol. The molecule has 1 rings (SSSR count). The molecule has 0 amide bonds. The highest BCUT2D eigenvalue weighted by atomic mass is 35.5. The summed E-state index contributed by atoms with van der Waals surface area (Å²) in [5.41, 5.74) is 0. The van der Waals surface area contributed by atoms with Gasteiger partial charge in [0.15, 0.2) is 0 Å². The molecule has 0 aliphatic rings. The normalized spacial score (nSPS) is 15.8. The largest absolute Gasteiger partial charge is 0.395 e. The lowest BCUT2D eigenvalue weighted by Gasteiger charge is -2.25. The lowest BCUT2D eigenvalue weighted by atomic mass is 10.0. The Labute approximate surface area is 129 Å². The quantitative estimate of drug-likeness (QED) is 0.842. The number of sulfonamides is 1. The van der Waals surface area contributed by atoms with Crippen molar-refractivity contribution >= 4 is 33.2 Å². The van der Waals surface area contributed by atoms with E-state index >= 15 is 0 Å². The fraction of sp³-hybridized carbons (Fsp3) is 0.455. The van der Waals surface area contributed by atoms with E-state index in [2.05, 4.69) is 0 Å². The maximum Gasteiger partial charge on any atom is 0.393 e. The summed E-state index contributed by atoms with van der Waals surface area (Å²) in [6, 6.07) is 1.62. The van der Waals surface area contributed by atoms with Crippen LogP contribution in [0.3, 0.4) is 0 Å². The van der Waals surface area contributed by atoms with Gasteiger partial charge in [0.25, 0.3) is 0 Å². The summed E-state index contributed by atoms with van der Waals surface area (Å²) in [7, 11) is -4.27. The van der Waals surface area contributed by atoms with Crippen LogP contribution in [0.2, 0.25) is 10.0 Å². The molecule has 2 atom stereocenters. The maximum atomic E-state index is 12.6. The van der Waals surface area contributed by atoms with Crippen LogP contribution in [0.15, 0.2) is 23.1 Å². The molecule has 0 spiro atoms. The molecule has 0 aliphatic heterocycles. The van der Waals surface area contributed by atoms with E-state index in [1.165, 1.54) is 6.07 Å². The summed E-state index contributed by atoms with van der Waals surface area (Å²) >= 11 is 11.3. The molecule has 0 radical (unpaired) electrons. The van der Waals surface area contributed by atoms with E-state index < -0.39 is 34.8 Å². The summed E-state index contributed by atoms with van der Waals surface area (Å²) in [4.78, 5) is -0.343. The van der Waals surface area contributed by atoms with E-state index in [9.17, 15) is 21.6 Å². The molecule has 0 aromatic heterocycles. The number of nitrogens with one attached hydrogen (secondary N) is 1. The van der Waals surface area contributed by atoms with Gasteiger partial charge in [-0.25, -0.2) is 13.1 Å². The van der Waals surface area contributed by atoms with E-state index in [4.69, 9.17) is 28.3 Å². The van der Waals surface area contributed by atoms with Gasteiger partial charge in [0.05, 0.1) is 33.5 Å². The highest BCUT2D eigenvalue weighted by Gasteiger charge is 2.42. The zero-order chi connectivity index (χ0) is 16.4. The minimum absolute atomic E-state index is 0.0519. The van der Waals surface area contributed by atoms with E-state index in [-0.39, 0.29) is 14.9 Å². The van der Waals surface area contributed by atoms with Gasteiger partial charge in [-0.05, 0) is 18.2 Å². The third kappa shape index (κ3) is 4.72. The second-order valence-corrected chi connectivity index (χ2v) is 6.84. The topological polar surface area (TPSA) is 66.4 Å². The molecule has 2 unspecified atom stereocenters. The Morgan fingerprint density at radius 3 is 2.29 bits per heavy atom. The number of halogens is 5. The second kappa shape index (κ2) is 6.70. The smallest absolute Gasteiger partial charge is 0.393 e. The zero-order valence-corrected chi connectivity index (χ0v) is 13.0. The Bertz CT molecular complexity index is 607. The van der Waals surface area contributed by atoms with Gasteiger partial charge in [0.2, 0.25) is 10.0 Å². The lowest BCUT2D eigenvalue weighted by molar-refractivity contribution is -0.178. The van der Waals surface area contributed by atoms with Crippen LogP contribution in [-0.2, 0) is 10.0 Å². The number of hydrogen-bond acceptors (Lipinski definition) is 3. The molecule has 0 saturated carbocycles. The summed E-state index contributed by atoms with van der Waals surface area (Å²) in [5, 5.41) is 9.05. The van der Waals surface area contributed by atoms with E-state index in [0.717, 1.165) is 19.1 Å². The van der Waals surface area contributed by atoms with E-state index in [1.54, 1.807) is 0 Å². The third-order valence-electron chi connectivity index (χ3n) is 2.82. The van der Waals surface area contributed by atoms with Crippen LogP contribution >= 0.6 is 23.2 Å². The van der Waals surface area contributed by atoms with Crippen LogP contribution < -0.4 is 4.72 Å². The lowest BCUT2D eigenvalue weighted by Crippen LogP contribution is -2.46. The Balaban J connectivity index is 3.05. The number of rotatable bonds is 5. The second-order valence-electron chi connectivity index (χ2n) is 4.32. The van der Waals surface area contributed by atoms with Gasteiger partial charge in [0.1, 0.15) is 0 Å². The van der Waals surface area contributed by atoms with Crippen LogP contribution in [0.1, 0.15) is 6.92 Å². The first-order valence-electron chi connectivity index (χ1n) is 5.64. The molecule has 0 bridgehead atoms. The minimum atomic E-state index is -4.65. The van der Waals surface area contributed by atoms with Crippen molar-refractivity contribution in [1.82, 2.24) is 4.72 Å². The summed E-state index contributed by atoms with van der Waals surface area (Å²) in [6.45, 7) is -0.223. The van der Waals surface area contributed by atoms with Crippen molar-refractivity contribution in [3.63, 3.8) is 0 Å². The molecule has 0 heterocycles. The van der Waals surface area contributed by atoms with Crippen LogP contribution in [0.25, 0.3) is 0 Å². The average molecular weight is 366 g/mol. The van der Waals surface area contributed by atoms with Crippen molar-refractivity contribution < 1.29 is 26.7 Å². The highest BCUT2D eigenvalue weighted by Crippen LogP contribution is 2.30. The molecule has 0 fully saturated rings. The van der Waals surface area contributed by atoms with Crippen LogP contribution in [0.4, 0.5) is 13.2 Å². The molecule has 1 aromatic carbocycles. The Kier molecular flexibility index (Phi) is 5.91. The average Bonchev–Trinajstić information content (AvgIpc) is 2.37. The third-order valence-corrected chi connectivity index (χ3v) is 5.05. The van der Waals surface area contributed by atoms with Gasteiger partial charge in [0, 0.05) is 0 Å². The van der Waals surface area contributed by atoms with Gasteiger partial charge >= 0.3 is 6.18 Å². The van der Waals surface area contributed by atoms with Gasteiger partial charge in [-0.15, -0.1) is 0 Å². The Morgan fingerprint density at radius 1 is 1.29 bits per heavy atom. The zero-order valence-electron chi connectivity index (χ0n) is 10.7. The van der Waals surface area contributed by atoms with Crippen molar-refractivity contribution in [2.75, 3.05) is 6.61 Å². The molecule has 0 aliphatic carbocycles. The predicted molar refractivity (Wildman–Crippen MR) is 72.9 cm³/mol. The minimum Gasteiger partial charge on any atom is -0.395 e. The summed E-state index contributed by atoms with van der Waals surface area (Å²) in [6.07, 6.45) is -4.65. The Morgan fingerprint density at radius 2 is 1.86 bits per heavy atom. The number of alkyl halides is 3. The molecule has 0 saturated heterocycles. The van der Waals surface area contributed by atoms with Crippen molar-refractivity contribution in [1.29, 1.82) is 0 Å². The first-order chi connectivity index (χ1) is 9.49. The van der Waals surface area contributed by atoms with Crippen molar-refractivity contribution in [3.05, 3.63) is 28.2 Å². The van der Waals surface area contributed by atoms with Crippen molar-refractivity contribution in [2.45, 2.75) is 24.0 Å². The fourth-order valence-corrected chi connectivity index (χ4v) is 3.13. The summed E-state index contributed by atoms with van der Waals surface area (Å²) < 4.78 is 63.6. The van der Waals surface area contributed by atoms with E-state index in [0.29, 0.717) is 0 Å². The fourth-order valence-electron chi connectivity index (χ4n) is 1.44. The highest BCUT2D eigenvalue weighted by molar-refractivity contribution is 7.89. The van der Waals surface area contributed by atoms with Crippen LogP contribution in [0, 0.1) is 5.92 Å². The molecular weight excluding hydrogens is 354 g/mol. The number of hydrogen-bond donors (Lipinski definition) is 2. The van der Waals surface area contributed by atoms with Crippen LogP contribution in [-0.4, -0.2) is 32.3 Å². The van der Waals surface area contributed by atoms with Crippen LogP contribution in [0.5, 0.6) is 0 Å². The number of aliphatic hydroxyl groups excluding tert-OH is 1. The van der Waals surface area contributed by atoms with Gasteiger partial charge < -0.3 is 5.11 Å². The molecule has 10 heteroatoms. The first-order valence-corrected chi connectivity index (χ1v) is 7.88. The van der Waals surface area contributed by atoms with Gasteiger partial charge in [-0.3, -0.25) is 0 Å². The molecule has 4 nitrogen and oxygen atoms in total. The number of benzene rings is 1. The summed E-state index contributed by atoms with van der Waals surface area (Å²) in [5.74, 6) is -2.06. The first kappa shape index (κ1) is 18.5. The Hall–Kier alpha value is -0.540. The molecule has 1 aromatic rings. The van der Waals surface area contributed by atoms with Crippen molar-refractivity contribution in [3.8, 4) is 0 Å². The van der Waals surface area contributed by atoms with Gasteiger partial charge in [-0.1, -0.05) is 30.1 Å². The molecule has 2 N–H and O–H groups in total. The molecule has 21 heavy (non-hydrogen) atoms.